The van der Waals surface area contributed by atoms with Gasteiger partial charge in [-0.3, -0.25) is 0 Å². The van der Waals surface area contributed by atoms with Crippen LogP contribution in [-0.4, -0.2) is 20.7 Å². The summed E-state index contributed by atoms with van der Waals surface area (Å²) < 4.78 is 1.85. The molecule has 78 valence electrons. The van der Waals surface area contributed by atoms with Gasteiger partial charge < -0.3 is 14.8 Å². The van der Waals surface area contributed by atoms with Gasteiger partial charge in [0.2, 0.25) is 0 Å². The maximum absolute atomic E-state index is 10.7. The molecule has 2 rings (SSSR count). The molecule has 1 aromatic carbocycles. The topological polar surface area (TPSA) is 62.5 Å². The first-order chi connectivity index (χ1) is 7.13. The molecule has 0 saturated heterocycles. The van der Waals surface area contributed by atoms with Crippen molar-refractivity contribution < 1.29 is 15.0 Å². The molecule has 0 spiro atoms. The minimum Gasteiger partial charge on any atom is -0.478 e. The molecule has 0 radical (unpaired) electrons. The fraction of sp³-hybridized carbons (Fsp3) is 0.182. The van der Waals surface area contributed by atoms with Crippen molar-refractivity contribution >= 4 is 16.9 Å². The fourth-order valence-corrected chi connectivity index (χ4v) is 1.69. The summed E-state index contributed by atoms with van der Waals surface area (Å²) in [7, 11) is 1.84. The van der Waals surface area contributed by atoms with Crippen molar-refractivity contribution in [1.82, 2.24) is 4.57 Å². The van der Waals surface area contributed by atoms with E-state index in [-0.39, 0.29) is 12.2 Å². The number of fused-ring (bicyclic) bond motifs is 1. The average Bonchev–Trinajstić information content (AvgIpc) is 2.55. The molecule has 0 atom stereocenters. The number of benzene rings is 1. The van der Waals surface area contributed by atoms with Gasteiger partial charge in [0, 0.05) is 23.6 Å². The van der Waals surface area contributed by atoms with Gasteiger partial charge in [0.25, 0.3) is 0 Å². The van der Waals surface area contributed by atoms with Crippen LogP contribution in [0, 0.1) is 0 Å². The number of hydrogen-bond acceptors (Lipinski definition) is 2. The Bertz CT molecular complexity index is 528. The first-order valence-electron chi connectivity index (χ1n) is 4.56. The lowest BCUT2D eigenvalue weighted by atomic mass is 10.1. The van der Waals surface area contributed by atoms with E-state index in [9.17, 15) is 4.79 Å². The summed E-state index contributed by atoms with van der Waals surface area (Å²) >= 11 is 0. The quantitative estimate of drug-likeness (QED) is 0.778. The molecule has 0 aliphatic carbocycles. The number of hydrogen-bond donors (Lipinski definition) is 2. The van der Waals surface area contributed by atoms with Crippen LogP contribution >= 0.6 is 0 Å². The summed E-state index contributed by atoms with van der Waals surface area (Å²) in [5, 5.41) is 18.7. The summed E-state index contributed by atoms with van der Waals surface area (Å²) in [4.78, 5) is 10.7. The van der Waals surface area contributed by atoms with Crippen LogP contribution in [0.3, 0.4) is 0 Å². The van der Waals surface area contributed by atoms with Crippen LogP contribution in [0.2, 0.25) is 0 Å². The van der Waals surface area contributed by atoms with Gasteiger partial charge in [-0.05, 0) is 24.3 Å². The van der Waals surface area contributed by atoms with Crippen LogP contribution in [0.15, 0.2) is 24.3 Å². The molecule has 2 aromatic rings. The van der Waals surface area contributed by atoms with Gasteiger partial charge in [-0.15, -0.1) is 0 Å². The number of carboxylic acid groups (broad SMARTS) is 1. The van der Waals surface area contributed by atoms with Gasteiger partial charge in [0.1, 0.15) is 0 Å². The van der Waals surface area contributed by atoms with Crippen LogP contribution < -0.4 is 0 Å². The molecule has 0 aliphatic heterocycles. The first kappa shape index (κ1) is 9.73. The number of aromatic nitrogens is 1. The van der Waals surface area contributed by atoms with Crippen molar-refractivity contribution in [2.75, 3.05) is 0 Å². The van der Waals surface area contributed by atoms with Crippen molar-refractivity contribution in [3.05, 3.63) is 35.5 Å². The minimum atomic E-state index is -0.939. The van der Waals surface area contributed by atoms with E-state index in [0.29, 0.717) is 0 Å². The highest BCUT2D eigenvalue weighted by Gasteiger charge is 2.08. The Balaban J connectivity index is 2.68. The monoisotopic (exact) mass is 205 g/mol. The third-order valence-electron chi connectivity index (χ3n) is 2.55. The average molecular weight is 205 g/mol. The van der Waals surface area contributed by atoms with Gasteiger partial charge in [-0.2, -0.15) is 0 Å². The van der Waals surface area contributed by atoms with Crippen LogP contribution in [0.5, 0.6) is 0 Å². The molecule has 1 heterocycles. The Morgan fingerprint density at radius 1 is 1.40 bits per heavy atom. The van der Waals surface area contributed by atoms with Crippen molar-refractivity contribution in [1.29, 1.82) is 0 Å². The number of aliphatic hydroxyl groups is 1. The molecule has 0 unspecified atom stereocenters. The molecule has 0 saturated carbocycles. The molecular formula is C11H11NO3. The maximum Gasteiger partial charge on any atom is 0.335 e. The SMILES string of the molecule is Cn1c(CO)cc2cc(C(=O)O)ccc21. The van der Waals surface area contributed by atoms with Gasteiger partial charge in [-0.1, -0.05) is 0 Å². The molecule has 0 bridgehead atoms. The largest absolute Gasteiger partial charge is 0.478 e. The first-order valence-corrected chi connectivity index (χ1v) is 4.56. The number of carbonyl (C=O) groups is 1. The van der Waals surface area contributed by atoms with Gasteiger partial charge in [0.15, 0.2) is 0 Å². The van der Waals surface area contributed by atoms with E-state index >= 15 is 0 Å². The molecule has 1 aromatic heterocycles. The predicted octanol–water partition coefficient (Wildman–Crippen LogP) is 1.37. The van der Waals surface area contributed by atoms with Gasteiger partial charge >= 0.3 is 5.97 Å². The number of rotatable bonds is 2. The summed E-state index contributed by atoms with van der Waals surface area (Å²) in [6.45, 7) is -0.0480. The minimum absolute atomic E-state index is 0.0480. The number of aliphatic hydroxyl groups excluding tert-OH is 1. The fourth-order valence-electron chi connectivity index (χ4n) is 1.69. The summed E-state index contributed by atoms with van der Waals surface area (Å²) in [6.07, 6.45) is 0. The maximum atomic E-state index is 10.7. The molecule has 2 N–H and O–H groups in total. The second-order valence-electron chi connectivity index (χ2n) is 3.43. The molecule has 4 nitrogen and oxygen atoms in total. The lowest BCUT2D eigenvalue weighted by Crippen LogP contribution is -1.96. The Hall–Kier alpha value is -1.81. The second kappa shape index (κ2) is 3.40. The van der Waals surface area contributed by atoms with Crippen LogP contribution in [0.1, 0.15) is 16.1 Å². The van der Waals surface area contributed by atoms with E-state index in [2.05, 4.69) is 0 Å². The molecular weight excluding hydrogens is 194 g/mol. The Labute approximate surface area is 86.4 Å². The molecule has 0 fully saturated rings. The lowest BCUT2D eigenvalue weighted by molar-refractivity contribution is 0.0697. The van der Waals surface area contributed by atoms with Crippen molar-refractivity contribution in [2.24, 2.45) is 7.05 Å². The molecule has 0 aliphatic rings. The van der Waals surface area contributed by atoms with Crippen LogP contribution in [0.4, 0.5) is 0 Å². The van der Waals surface area contributed by atoms with E-state index in [1.807, 2.05) is 11.6 Å². The van der Waals surface area contributed by atoms with E-state index in [4.69, 9.17) is 10.2 Å². The van der Waals surface area contributed by atoms with Gasteiger partial charge in [-0.25, -0.2) is 4.79 Å². The second-order valence-corrected chi connectivity index (χ2v) is 3.43. The van der Waals surface area contributed by atoms with E-state index in [1.54, 1.807) is 24.3 Å². The summed E-state index contributed by atoms with van der Waals surface area (Å²) in [5.74, 6) is -0.939. The highest BCUT2D eigenvalue weighted by atomic mass is 16.4. The zero-order valence-electron chi connectivity index (χ0n) is 8.27. The third-order valence-corrected chi connectivity index (χ3v) is 2.55. The van der Waals surface area contributed by atoms with Crippen molar-refractivity contribution in [2.45, 2.75) is 6.61 Å². The zero-order valence-corrected chi connectivity index (χ0v) is 8.27. The van der Waals surface area contributed by atoms with E-state index in [1.165, 1.54) is 0 Å². The smallest absolute Gasteiger partial charge is 0.335 e. The van der Waals surface area contributed by atoms with Crippen LogP contribution in [0.25, 0.3) is 10.9 Å². The summed E-state index contributed by atoms with van der Waals surface area (Å²) in [6, 6.07) is 6.71. The number of nitrogens with zero attached hydrogens (tertiary/aromatic N) is 1. The number of aromatic carboxylic acids is 1. The highest BCUT2D eigenvalue weighted by molar-refractivity contribution is 5.93. The van der Waals surface area contributed by atoms with E-state index in [0.717, 1.165) is 16.6 Å². The normalized spacial score (nSPS) is 10.8. The predicted molar refractivity (Wildman–Crippen MR) is 55.8 cm³/mol. The van der Waals surface area contributed by atoms with Crippen molar-refractivity contribution in [3.8, 4) is 0 Å². The van der Waals surface area contributed by atoms with E-state index < -0.39 is 5.97 Å². The van der Waals surface area contributed by atoms with Crippen molar-refractivity contribution in [3.63, 3.8) is 0 Å². The van der Waals surface area contributed by atoms with Crippen LogP contribution in [-0.2, 0) is 13.7 Å². The zero-order chi connectivity index (χ0) is 11.0. The number of carboxylic acids is 1. The Morgan fingerprint density at radius 3 is 2.73 bits per heavy atom. The Kier molecular flexibility index (Phi) is 2.21. The number of aryl methyl sites for hydroxylation is 1. The standard InChI is InChI=1S/C11H11NO3/c1-12-9(6-13)5-8-4-7(11(14)15)2-3-10(8)12/h2-5,13H,6H2,1H3,(H,14,15). The lowest BCUT2D eigenvalue weighted by Gasteiger charge is -2.00. The summed E-state index contributed by atoms with van der Waals surface area (Å²) in [5.41, 5.74) is 1.95. The van der Waals surface area contributed by atoms with Gasteiger partial charge in [0.05, 0.1) is 12.2 Å². The highest BCUT2D eigenvalue weighted by Crippen LogP contribution is 2.20. The third kappa shape index (κ3) is 1.49. The molecule has 0 amide bonds. The molecule has 15 heavy (non-hydrogen) atoms. The molecule has 4 heteroatoms. The Morgan fingerprint density at radius 2 is 2.13 bits per heavy atom.